The van der Waals surface area contributed by atoms with E-state index >= 15 is 0 Å². The lowest BCUT2D eigenvalue weighted by molar-refractivity contribution is -0.384. The number of nitrogens with zero attached hydrogens (tertiary/aromatic N) is 2. The molecule has 5 nitrogen and oxygen atoms in total. The standard InChI is InChI=1S/C8H10ClN3O2/c1-2-3-10-8-5-6(12(13)14)4-7(9)11-8/h4-5H,2-3H2,1H3,(H,10,11). The first-order valence-corrected chi connectivity index (χ1v) is 4.57. The Bertz CT molecular complexity index is 343. The van der Waals surface area contributed by atoms with Crippen molar-refractivity contribution in [3.05, 3.63) is 27.4 Å². The molecule has 0 saturated carbocycles. The van der Waals surface area contributed by atoms with Crippen LogP contribution in [0.4, 0.5) is 11.5 Å². The van der Waals surface area contributed by atoms with Crippen molar-refractivity contribution in [2.45, 2.75) is 13.3 Å². The van der Waals surface area contributed by atoms with Crippen LogP contribution in [0.5, 0.6) is 0 Å². The quantitative estimate of drug-likeness (QED) is 0.476. The predicted octanol–water partition coefficient (Wildman–Crippen LogP) is 2.47. The maximum absolute atomic E-state index is 10.5. The lowest BCUT2D eigenvalue weighted by Gasteiger charge is -2.03. The molecule has 6 heteroatoms. The number of hydrogen-bond acceptors (Lipinski definition) is 4. The Balaban J connectivity index is 2.89. The number of pyridine rings is 1. The normalized spacial score (nSPS) is 9.86. The summed E-state index contributed by atoms with van der Waals surface area (Å²) >= 11 is 5.62. The average molecular weight is 216 g/mol. The van der Waals surface area contributed by atoms with Gasteiger partial charge in [0, 0.05) is 6.54 Å². The van der Waals surface area contributed by atoms with Crippen LogP contribution in [0, 0.1) is 10.1 Å². The van der Waals surface area contributed by atoms with Crippen molar-refractivity contribution in [1.82, 2.24) is 4.98 Å². The van der Waals surface area contributed by atoms with Gasteiger partial charge in [-0.3, -0.25) is 10.1 Å². The number of nitro groups is 1. The summed E-state index contributed by atoms with van der Waals surface area (Å²) in [6.45, 7) is 2.70. The highest BCUT2D eigenvalue weighted by Gasteiger charge is 2.09. The number of anilines is 1. The number of hydrogen-bond donors (Lipinski definition) is 1. The highest BCUT2D eigenvalue weighted by Crippen LogP contribution is 2.20. The molecular weight excluding hydrogens is 206 g/mol. The monoisotopic (exact) mass is 215 g/mol. The minimum absolute atomic E-state index is 0.0522. The van der Waals surface area contributed by atoms with Gasteiger partial charge in [-0.25, -0.2) is 4.98 Å². The topological polar surface area (TPSA) is 68.1 Å². The SMILES string of the molecule is CCCNc1cc([N+](=O)[O-])cc(Cl)n1. The maximum atomic E-state index is 10.5. The summed E-state index contributed by atoms with van der Waals surface area (Å²) in [6, 6.07) is 2.58. The molecule has 0 aliphatic carbocycles. The second-order valence-electron chi connectivity index (χ2n) is 2.72. The molecule has 0 saturated heterocycles. The van der Waals surface area contributed by atoms with E-state index in [1.54, 1.807) is 0 Å². The van der Waals surface area contributed by atoms with Crippen LogP contribution >= 0.6 is 11.6 Å². The van der Waals surface area contributed by atoms with E-state index in [9.17, 15) is 10.1 Å². The van der Waals surface area contributed by atoms with Gasteiger partial charge in [-0.1, -0.05) is 18.5 Å². The van der Waals surface area contributed by atoms with E-state index in [4.69, 9.17) is 11.6 Å². The second kappa shape index (κ2) is 4.76. The molecule has 1 rings (SSSR count). The van der Waals surface area contributed by atoms with Gasteiger partial charge in [-0.05, 0) is 6.42 Å². The van der Waals surface area contributed by atoms with E-state index < -0.39 is 4.92 Å². The fourth-order valence-electron chi connectivity index (χ4n) is 0.932. The summed E-state index contributed by atoms with van der Waals surface area (Å²) in [6.07, 6.45) is 0.919. The number of halogens is 1. The van der Waals surface area contributed by atoms with Gasteiger partial charge in [0.15, 0.2) is 0 Å². The average Bonchev–Trinajstić information content (AvgIpc) is 2.14. The highest BCUT2D eigenvalue weighted by atomic mass is 35.5. The zero-order valence-electron chi connectivity index (χ0n) is 7.66. The lowest BCUT2D eigenvalue weighted by Crippen LogP contribution is -2.02. The van der Waals surface area contributed by atoms with Crippen LogP contribution < -0.4 is 5.32 Å². The third-order valence-corrected chi connectivity index (χ3v) is 1.74. The Morgan fingerprint density at radius 2 is 2.36 bits per heavy atom. The molecule has 0 unspecified atom stereocenters. The molecule has 1 aromatic rings. The number of nitrogens with one attached hydrogen (secondary N) is 1. The lowest BCUT2D eigenvalue weighted by atomic mass is 10.4. The van der Waals surface area contributed by atoms with Crippen LogP contribution in [-0.4, -0.2) is 16.5 Å². The molecule has 76 valence electrons. The van der Waals surface area contributed by atoms with E-state index in [0.717, 1.165) is 6.42 Å². The molecule has 0 amide bonds. The van der Waals surface area contributed by atoms with Gasteiger partial charge < -0.3 is 5.32 Å². The zero-order valence-corrected chi connectivity index (χ0v) is 8.41. The molecule has 0 fully saturated rings. The van der Waals surface area contributed by atoms with Crippen molar-refractivity contribution < 1.29 is 4.92 Å². The summed E-state index contributed by atoms with van der Waals surface area (Å²) in [5, 5.41) is 13.5. The molecule has 0 bridgehead atoms. The minimum atomic E-state index is -0.495. The second-order valence-corrected chi connectivity index (χ2v) is 3.10. The molecule has 1 aromatic heterocycles. The third-order valence-electron chi connectivity index (χ3n) is 1.55. The van der Waals surface area contributed by atoms with Crippen LogP contribution in [0.2, 0.25) is 5.15 Å². The van der Waals surface area contributed by atoms with Gasteiger partial charge in [-0.15, -0.1) is 0 Å². The predicted molar refractivity (Wildman–Crippen MR) is 54.7 cm³/mol. The first-order chi connectivity index (χ1) is 6.63. The number of rotatable bonds is 4. The fraction of sp³-hybridized carbons (Fsp3) is 0.375. The molecule has 0 atom stereocenters. The van der Waals surface area contributed by atoms with Crippen molar-refractivity contribution in [2.75, 3.05) is 11.9 Å². The molecule has 14 heavy (non-hydrogen) atoms. The first-order valence-electron chi connectivity index (χ1n) is 4.19. The van der Waals surface area contributed by atoms with Crippen LogP contribution in [0.25, 0.3) is 0 Å². The maximum Gasteiger partial charge on any atom is 0.276 e. The molecule has 0 aliphatic heterocycles. The Morgan fingerprint density at radius 3 is 2.93 bits per heavy atom. The Hall–Kier alpha value is -1.36. The van der Waals surface area contributed by atoms with Crippen LogP contribution in [0.3, 0.4) is 0 Å². The van der Waals surface area contributed by atoms with Gasteiger partial charge in [0.05, 0.1) is 17.1 Å². The summed E-state index contributed by atoms with van der Waals surface area (Å²) in [5.74, 6) is 0.436. The molecule has 1 heterocycles. The third kappa shape index (κ3) is 2.85. The van der Waals surface area contributed by atoms with Crippen LogP contribution in [0.15, 0.2) is 12.1 Å². The van der Waals surface area contributed by atoms with Crippen molar-refractivity contribution in [3.8, 4) is 0 Å². The summed E-state index contributed by atoms with van der Waals surface area (Å²) < 4.78 is 0. The first kappa shape index (κ1) is 10.7. The molecule has 0 spiro atoms. The fourth-order valence-corrected chi connectivity index (χ4v) is 1.14. The van der Waals surface area contributed by atoms with E-state index in [1.807, 2.05) is 6.92 Å². The minimum Gasteiger partial charge on any atom is -0.370 e. The molecular formula is C8H10ClN3O2. The van der Waals surface area contributed by atoms with Gasteiger partial charge >= 0.3 is 0 Å². The van der Waals surface area contributed by atoms with Gasteiger partial charge in [0.1, 0.15) is 11.0 Å². The van der Waals surface area contributed by atoms with Crippen molar-refractivity contribution in [3.63, 3.8) is 0 Å². The Labute approximate surface area is 86.3 Å². The van der Waals surface area contributed by atoms with E-state index in [1.165, 1.54) is 12.1 Å². The Kier molecular flexibility index (Phi) is 3.64. The van der Waals surface area contributed by atoms with Crippen molar-refractivity contribution in [2.24, 2.45) is 0 Å². The summed E-state index contributed by atoms with van der Waals surface area (Å²) in [7, 11) is 0. The highest BCUT2D eigenvalue weighted by molar-refractivity contribution is 6.29. The number of aromatic nitrogens is 1. The zero-order chi connectivity index (χ0) is 10.6. The van der Waals surface area contributed by atoms with Gasteiger partial charge in [-0.2, -0.15) is 0 Å². The summed E-state index contributed by atoms with van der Waals surface area (Å²) in [4.78, 5) is 13.9. The van der Waals surface area contributed by atoms with Crippen molar-refractivity contribution >= 4 is 23.1 Å². The van der Waals surface area contributed by atoms with Crippen LogP contribution in [-0.2, 0) is 0 Å². The van der Waals surface area contributed by atoms with Crippen molar-refractivity contribution in [1.29, 1.82) is 0 Å². The summed E-state index contributed by atoms with van der Waals surface area (Å²) in [5.41, 5.74) is -0.0522. The largest absolute Gasteiger partial charge is 0.370 e. The molecule has 0 aromatic carbocycles. The van der Waals surface area contributed by atoms with E-state index in [0.29, 0.717) is 12.4 Å². The molecule has 0 aliphatic rings. The smallest absolute Gasteiger partial charge is 0.276 e. The van der Waals surface area contributed by atoms with E-state index in [-0.39, 0.29) is 10.8 Å². The molecule has 0 radical (unpaired) electrons. The Morgan fingerprint density at radius 1 is 1.64 bits per heavy atom. The van der Waals surface area contributed by atoms with Gasteiger partial charge in [0.25, 0.3) is 5.69 Å². The van der Waals surface area contributed by atoms with E-state index in [2.05, 4.69) is 10.3 Å². The molecule has 1 N–H and O–H groups in total. The van der Waals surface area contributed by atoms with Crippen LogP contribution in [0.1, 0.15) is 13.3 Å². The van der Waals surface area contributed by atoms with Gasteiger partial charge in [0.2, 0.25) is 0 Å².